The second-order valence-electron chi connectivity index (χ2n) is 4.36. The fraction of sp³-hybridized carbons (Fsp3) is 0.750. The van der Waals surface area contributed by atoms with Crippen molar-refractivity contribution in [2.24, 2.45) is 5.92 Å². The van der Waals surface area contributed by atoms with Crippen molar-refractivity contribution in [3.8, 4) is 0 Å². The summed E-state index contributed by atoms with van der Waals surface area (Å²) < 4.78 is 2.25. The molecular weight excluding hydrogens is 186 g/mol. The molecule has 0 bridgehead atoms. The van der Waals surface area contributed by atoms with E-state index in [2.05, 4.69) is 34.9 Å². The molecule has 84 valence electrons. The molecule has 0 saturated heterocycles. The highest BCUT2D eigenvalue weighted by atomic mass is 15.1. The van der Waals surface area contributed by atoms with Gasteiger partial charge in [0, 0.05) is 18.9 Å². The number of nitrogens with zero attached hydrogens (tertiary/aromatic N) is 2. The molecule has 0 radical (unpaired) electrons. The van der Waals surface area contributed by atoms with Crippen molar-refractivity contribution in [2.75, 3.05) is 6.54 Å². The predicted octanol–water partition coefficient (Wildman–Crippen LogP) is 2.35. The van der Waals surface area contributed by atoms with E-state index in [1.807, 2.05) is 6.20 Å². The van der Waals surface area contributed by atoms with E-state index >= 15 is 0 Å². The Bertz CT molecular complexity index is 302. The summed E-state index contributed by atoms with van der Waals surface area (Å²) >= 11 is 0. The van der Waals surface area contributed by atoms with Crippen LogP contribution in [0, 0.1) is 5.92 Å². The number of nitrogens with one attached hydrogen (secondary N) is 1. The fourth-order valence-electron chi connectivity index (χ4n) is 2.11. The van der Waals surface area contributed by atoms with E-state index in [1.165, 1.54) is 25.1 Å². The summed E-state index contributed by atoms with van der Waals surface area (Å²) in [5, 5.41) is 3.55. The smallest absolute Gasteiger partial charge is 0.125 e. The molecule has 1 aromatic heterocycles. The van der Waals surface area contributed by atoms with Gasteiger partial charge in [0.15, 0.2) is 0 Å². The van der Waals surface area contributed by atoms with E-state index in [9.17, 15) is 0 Å². The summed E-state index contributed by atoms with van der Waals surface area (Å²) in [7, 11) is 0. The fourth-order valence-corrected chi connectivity index (χ4v) is 2.11. The molecule has 1 heterocycles. The lowest BCUT2D eigenvalue weighted by molar-refractivity contribution is 0.447. The van der Waals surface area contributed by atoms with Crippen LogP contribution in [0.1, 0.15) is 45.0 Å². The molecule has 0 aliphatic heterocycles. The van der Waals surface area contributed by atoms with Gasteiger partial charge in [-0.15, -0.1) is 0 Å². The summed E-state index contributed by atoms with van der Waals surface area (Å²) in [5.74, 6) is 2.15. The van der Waals surface area contributed by atoms with Crippen LogP contribution in [0.2, 0.25) is 0 Å². The minimum Gasteiger partial charge on any atom is -0.334 e. The van der Waals surface area contributed by atoms with Gasteiger partial charge in [-0.3, -0.25) is 0 Å². The van der Waals surface area contributed by atoms with E-state index in [1.54, 1.807) is 0 Å². The molecule has 1 atom stereocenters. The molecule has 1 saturated carbocycles. The van der Waals surface area contributed by atoms with E-state index < -0.39 is 0 Å². The van der Waals surface area contributed by atoms with Crippen LogP contribution >= 0.6 is 0 Å². The number of hydrogen-bond donors (Lipinski definition) is 1. The Hall–Kier alpha value is -0.830. The molecule has 15 heavy (non-hydrogen) atoms. The van der Waals surface area contributed by atoms with Gasteiger partial charge in [-0.25, -0.2) is 4.98 Å². The lowest BCUT2D eigenvalue weighted by atomic mass is 10.1. The van der Waals surface area contributed by atoms with Crippen molar-refractivity contribution in [3.05, 3.63) is 18.2 Å². The van der Waals surface area contributed by atoms with Crippen molar-refractivity contribution < 1.29 is 0 Å². The van der Waals surface area contributed by atoms with Gasteiger partial charge in [0.2, 0.25) is 0 Å². The molecule has 1 fully saturated rings. The van der Waals surface area contributed by atoms with Crippen LogP contribution in [0.4, 0.5) is 0 Å². The Morgan fingerprint density at radius 2 is 2.33 bits per heavy atom. The average molecular weight is 207 g/mol. The van der Waals surface area contributed by atoms with E-state index in [0.29, 0.717) is 6.04 Å². The van der Waals surface area contributed by atoms with Crippen molar-refractivity contribution >= 4 is 0 Å². The molecule has 1 aromatic rings. The third kappa shape index (κ3) is 2.59. The Balaban J connectivity index is 2.07. The number of aryl methyl sites for hydroxylation is 1. The molecular formula is C12H21N3. The number of imidazole rings is 1. The first-order valence-corrected chi connectivity index (χ1v) is 6.09. The first-order valence-electron chi connectivity index (χ1n) is 6.09. The van der Waals surface area contributed by atoms with Crippen molar-refractivity contribution in [3.63, 3.8) is 0 Å². The zero-order valence-corrected chi connectivity index (χ0v) is 9.74. The average Bonchev–Trinajstić information content (AvgIpc) is 2.93. The SMILES string of the molecule is CCNC(CC1CC1)c1nccn1CC. The Morgan fingerprint density at radius 3 is 2.93 bits per heavy atom. The maximum atomic E-state index is 4.49. The van der Waals surface area contributed by atoms with Gasteiger partial charge in [-0.2, -0.15) is 0 Å². The summed E-state index contributed by atoms with van der Waals surface area (Å²) in [6, 6.07) is 0.456. The number of rotatable bonds is 6. The van der Waals surface area contributed by atoms with Crippen molar-refractivity contribution in [1.82, 2.24) is 14.9 Å². The quantitative estimate of drug-likeness (QED) is 0.776. The lowest BCUT2D eigenvalue weighted by Gasteiger charge is -2.18. The maximum Gasteiger partial charge on any atom is 0.125 e. The van der Waals surface area contributed by atoms with Gasteiger partial charge >= 0.3 is 0 Å². The Labute approximate surface area is 91.9 Å². The summed E-state index contributed by atoms with van der Waals surface area (Å²) in [6.45, 7) is 6.38. The molecule has 0 amide bonds. The highest BCUT2D eigenvalue weighted by molar-refractivity contribution is 5.01. The van der Waals surface area contributed by atoms with Crippen LogP contribution in [-0.4, -0.2) is 16.1 Å². The molecule has 0 aromatic carbocycles. The maximum absolute atomic E-state index is 4.49. The minimum absolute atomic E-state index is 0.456. The first kappa shape index (κ1) is 10.7. The lowest BCUT2D eigenvalue weighted by Crippen LogP contribution is -2.24. The van der Waals surface area contributed by atoms with Crippen LogP contribution in [0.15, 0.2) is 12.4 Å². The molecule has 1 unspecified atom stereocenters. The van der Waals surface area contributed by atoms with Crippen LogP contribution in [0.25, 0.3) is 0 Å². The third-order valence-electron chi connectivity index (χ3n) is 3.12. The molecule has 0 spiro atoms. The monoisotopic (exact) mass is 207 g/mol. The molecule has 3 nitrogen and oxygen atoms in total. The topological polar surface area (TPSA) is 29.9 Å². The van der Waals surface area contributed by atoms with Gasteiger partial charge in [0.1, 0.15) is 5.82 Å². The predicted molar refractivity (Wildman–Crippen MR) is 61.7 cm³/mol. The first-order chi connectivity index (χ1) is 7.35. The summed E-state index contributed by atoms with van der Waals surface area (Å²) in [5.41, 5.74) is 0. The van der Waals surface area contributed by atoms with Crippen LogP contribution in [-0.2, 0) is 6.54 Å². The van der Waals surface area contributed by atoms with Crippen LogP contribution in [0.3, 0.4) is 0 Å². The number of aromatic nitrogens is 2. The van der Waals surface area contributed by atoms with Crippen LogP contribution in [0.5, 0.6) is 0 Å². The van der Waals surface area contributed by atoms with Crippen molar-refractivity contribution in [2.45, 2.75) is 45.7 Å². The van der Waals surface area contributed by atoms with Gasteiger partial charge in [-0.1, -0.05) is 19.8 Å². The molecule has 1 aliphatic carbocycles. The van der Waals surface area contributed by atoms with Gasteiger partial charge < -0.3 is 9.88 Å². The van der Waals surface area contributed by atoms with Crippen LogP contribution < -0.4 is 5.32 Å². The Kier molecular flexibility index (Phi) is 3.41. The van der Waals surface area contributed by atoms with Gasteiger partial charge in [0.05, 0.1) is 6.04 Å². The largest absolute Gasteiger partial charge is 0.334 e. The molecule has 3 heteroatoms. The zero-order chi connectivity index (χ0) is 10.7. The van der Waals surface area contributed by atoms with Gasteiger partial charge in [0.25, 0.3) is 0 Å². The summed E-state index contributed by atoms with van der Waals surface area (Å²) in [6.07, 6.45) is 8.07. The second-order valence-corrected chi connectivity index (χ2v) is 4.36. The van der Waals surface area contributed by atoms with E-state index in [-0.39, 0.29) is 0 Å². The highest BCUT2D eigenvalue weighted by Gasteiger charge is 2.27. The molecule has 1 aliphatic rings. The highest BCUT2D eigenvalue weighted by Crippen LogP contribution is 2.37. The van der Waals surface area contributed by atoms with E-state index in [0.717, 1.165) is 19.0 Å². The van der Waals surface area contributed by atoms with Crippen molar-refractivity contribution in [1.29, 1.82) is 0 Å². The normalized spacial score (nSPS) is 18.0. The zero-order valence-electron chi connectivity index (χ0n) is 9.74. The second kappa shape index (κ2) is 4.79. The standard InChI is InChI=1S/C12H21N3/c1-3-13-11(9-10-5-6-10)12-14-7-8-15(12)4-2/h7-8,10-11,13H,3-6,9H2,1-2H3. The van der Waals surface area contributed by atoms with Gasteiger partial charge in [-0.05, 0) is 25.8 Å². The number of hydrogen-bond acceptors (Lipinski definition) is 2. The van der Waals surface area contributed by atoms with E-state index in [4.69, 9.17) is 0 Å². The molecule has 2 rings (SSSR count). The third-order valence-corrected chi connectivity index (χ3v) is 3.12. The summed E-state index contributed by atoms with van der Waals surface area (Å²) in [4.78, 5) is 4.49. The molecule has 1 N–H and O–H groups in total. The minimum atomic E-state index is 0.456. The Morgan fingerprint density at radius 1 is 1.53 bits per heavy atom.